The predicted octanol–water partition coefficient (Wildman–Crippen LogP) is 5.08. The maximum absolute atomic E-state index is 12.9. The number of carbonyl (C=O) groups is 1. The van der Waals surface area contributed by atoms with Crippen LogP contribution in [0.5, 0.6) is 0 Å². The largest absolute Gasteiger partial charge is 0.350 e. The molecule has 5 nitrogen and oxygen atoms in total. The average Bonchev–Trinajstić information content (AvgIpc) is 2.78. The molecule has 0 aliphatic carbocycles. The van der Waals surface area contributed by atoms with Gasteiger partial charge in [-0.1, -0.05) is 65.8 Å². The molecule has 1 heterocycles. The van der Waals surface area contributed by atoms with E-state index in [-0.39, 0.29) is 17.5 Å². The van der Waals surface area contributed by atoms with Crippen molar-refractivity contribution >= 4 is 29.3 Å². The van der Waals surface area contributed by atoms with Crippen LogP contribution in [0.3, 0.4) is 0 Å². The van der Waals surface area contributed by atoms with E-state index < -0.39 is 0 Å². The van der Waals surface area contributed by atoms with Crippen LogP contribution in [0.1, 0.15) is 48.2 Å². The van der Waals surface area contributed by atoms with E-state index in [9.17, 15) is 9.59 Å². The van der Waals surface area contributed by atoms with Crippen LogP contribution < -0.4 is 10.9 Å². The second-order valence-corrected chi connectivity index (χ2v) is 9.28. The second kappa shape index (κ2) is 11.3. The Hall–Kier alpha value is -2.57. The molecule has 0 bridgehead atoms. The number of amides is 1. The van der Waals surface area contributed by atoms with E-state index >= 15 is 0 Å². The van der Waals surface area contributed by atoms with E-state index in [2.05, 4.69) is 10.3 Å². The van der Waals surface area contributed by atoms with Crippen LogP contribution in [0.2, 0.25) is 5.02 Å². The third kappa shape index (κ3) is 6.47. The summed E-state index contributed by atoms with van der Waals surface area (Å²) in [6.45, 7) is 3.85. The lowest BCUT2D eigenvalue weighted by Crippen LogP contribution is -2.26. The first kappa shape index (κ1) is 24.1. The number of hydrogen-bond acceptors (Lipinski definition) is 4. The minimum atomic E-state index is -0.0468. The minimum absolute atomic E-state index is 0.0199. The molecule has 2 aromatic carbocycles. The highest BCUT2D eigenvalue weighted by Gasteiger charge is 2.14. The van der Waals surface area contributed by atoms with Crippen molar-refractivity contribution < 1.29 is 4.79 Å². The van der Waals surface area contributed by atoms with E-state index in [4.69, 9.17) is 11.6 Å². The molecule has 0 spiro atoms. The first-order chi connectivity index (χ1) is 15.3. The summed E-state index contributed by atoms with van der Waals surface area (Å²) in [4.78, 5) is 29.8. The fraction of sp³-hybridized carbons (Fsp3) is 0.320. The Labute approximate surface area is 198 Å². The van der Waals surface area contributed by atoms with Crippen molar-refractivity contribution in [3.05, 3.63) is 92.4 Å². The molecular formula is C25H28ClN3O2S. The van der Waals surface area contributed by atoms with E-state index in [0.717, 1.165) is 16.8 Å². The van der Waals surface area contributed by atoms with Crippen molar-refractivity contribution in [2.24, 2.45) is 7.05 Å². The molecule has 0 fully saturated rings. The minimum Gasteiger partial charge on any atom is -0.350 e. The number of carbonyl (C=O) groups excluding carboxylic acids is 1. The van der Waals surface area contributed by atoms with Crippen LogP contribution in [0.15, 0.2) is 64.5 Å². The van der Waals surface area contributed by atoms with E-state index in [1.165, 1.54) is 11.8 Å². The summed E-state index contributed by atoms with van der Waals surface area (Å²) in [7, 11) is 1.74. The van der Waals surface area contributed by atoms with Gasteiger partial charge < -0.3 is 5.32 Å². The van der Waals surface area contributed by atoms with Gasteiger partial charge in [-0.25, -0.2) is 4.98 Å². The van der Waals surface area contributed by atoms with Crippen molar-refractivity contribution in [3.63, 3.8) is 0 Å². The van der Waals surface area contributed by atoms with Gasteiger partial charge in [0.05, 0.1) is 6.04 Å². The van der Waals surface area contributed by atoms with Gasteiger partial charge in [-0.2, -0.15) is 0 Å². The van der Waals surface area contributed by atoms with Crippen molar-refractivity contribution in [3.8, 4) is 0 Å². The van der Waals surface area contributed by atoms with Gasteiger partial charge in [0.1, 0.15) is 0 Å². The Morgan fingerprint density at radius 2 is 1.94 bits per heavy atom. The van der Waals surface area contributed by atoms with E-state index in [1.807, 2.05) is 68.4 Å². The fourth-order valence-corrected chi connectivity index (χ4v) is 4.61. The number of rotatable bonds is 9. The molecule has 0 saturated heterocycles. The smallest absolute Gasteiger partial charge is 0.257 e. The summed E-state index contributed by atoms with van der Waals surface area (Å²) in [6.07, 6.45) is 1.64. The van der Waals surface area contributed by atoms with Gasteiger partial charge >= 0.3 is 0 Å². The van der Waals surface area contributed by atoms with Gasteiger partial charge in [-0.05, 0) is 43.5 Å². The Bertz CT molecular complexity index is 1130. The van der Waals surface area contributed by atoms with Crippen LogP contribution in [-0.4, -0.2) is 21.2 Å². The van der Waals surface area contributed by atoms with Crippen LogP contribution >= 0.6 is 23.4 Å². The standard InChI is InChI=1S/C25H28ClN3O2S/c1-17(20-10-5-4-6-11-20)27-23(30)13-8-14-32-25-28-18(2)22(24(31)29(25)3)16-19-9-7-12-21(26)15-19/h4-7,9-12,15,17H,8,13-14,16H2,1-3H3,(H,27,30). The Balaban J connectivity index is 1.54. The maximum atomic E-state index is 12.9. The third-order valence-electron chi connectivity index (χ3n) is 5.28. The summed E-state index contributed by atoms with van der Waals surface area (Å²) in [6, 6.07) is 17.4. The predicted molar refractivity (Wildman–Crippen MR) is 131 cm³/mol. The quantitative estimate of drug-likeness (QED) is 0.269. The van der Waals surface area contributed by atoms with Crippen molar-refractivity contribution in [2.45, 2.75) is 44.3 Å². The van der Waals surface area contributed by atoms with Crippen molar-refractivity contribution in [1.29, 1.82) is 0 Å². The van der Waals surface area contributed by atoms with Crippen molar-refractivity contribution in [1.82, 2.24) is 14.9 Å². The number of aryl methyl sites for hydroxylation is 1. The highest BCUT2D eigenvalue weighted by molar-refractivity contribution is 7.99. The molecular weight excluding hydrogens is 442 g/mol. The SMILES string of the molecule is Cc1nc(SCCCC(=O)NC(C)c2ccccc2)n(C)c(=O)c1Cc1cccc(Cl)c1. The van der Waals surface area contributed by atoms with Crippen LogP contribution in [-0.2, 0) is 18.3 Å². The molecule has 168 valence electrons. The maximum Gasteiger partial charge on any atom is 0.257 e. The van der Waals surface area contributed by atoms with Gasteiger partial charge in [0.2, 0.25) is 5.91 Å². The van der Waals surface area contributed by atoms with Crippen LogP contribution in [0, 0.1) is 6.92 Å². The Morgan fingerprint density at radius 1 is 1.19 bits per heavy atom. The molecule has 3 rings (SSSR count). The molecule has 7 heteroatoms. The summed E-state index contributed by atoms with van der Waals surface area (Å²) in [5.41, 5.74) is 3.42. The zero-order chi connectivity index (χ0) is 23.1. The molecule has 0 aliphatic rings. The molecule has 0 saturated carbocycles. The molecule has 1 amide bonds. The number of nitrogens with zero attached hydrogens (tertiary/aromatic N) is 2. The van der Waals surface area contributed by atoms with Gasteiger partial charge in [-0.15, -0.1) is 0 Å². The number of aromatic nitrogens is 2. The molecule has 0 radical (unpaired) electrons. The number of nitrogens with one attached hydrogen (secondary N) is 1. The van der Waals surface area contributed by atoms with Crippen LogP contribution in [0.4, 0.5) is 0 Å². The molecule has 3 aromatic rings. The number of benzene rings is 2. The normalized spacial score (nSPS) is 11.9. The summed E-state index contributed by atoms with van der Waals surface area (Å²) in [5, 5.41) is 4.35. The van der Waals surface area contributed by atoms with Crippen LogP contribution in [0.25, 0.3) is 0 Å². The highest BCUT2D eigenvalue weighted by atomic mass is 35.5. The van der Waals surface area contributed by atoms with Crippen molar-refractivity contribution in [2.75, 3.05) is 5.75 Å². The number of halogens is 1. The second-order valence-electron chi connectivity index (χ2n) is 7.78. The van der Waals surface area contributed by atoms with E-state index in [0.29, 0.717) is 40.8 Å². The Kier molecular flexibility index (Phi) is 8.53. The lowest BCUT2D eigenvalue weighted by atomic mass is 10.1. The third-order valence-corrected chi connectivity index (χ3v) is 6.63. The number of thioether (sulfide) groups is 1. The first-order valence-electron chi connectivity index (χ1n) is 10.6. The lowest BCUT2D eigenvalue weighted by molar-refractivity contribution is -0.121. The Morgan fingerprint density at radius 3 is 2.66 bits per heavy atom. The summed E-state index contributed by atoms with van der Waals surface area (Å²) in [5.74, 6) is 0.734. The first-order valence-corrected chi connectivity index (χ1v) is 12.0. The van der Waals surface area contributed by atoms with Gasteiger partial charge in [-0.3, -0.25) is 14.2 Å². The summed E-state index contributed by atoms with van der Waals surface area (Å²) >= 11 is 7.57. The zero-order valence-electron chi connectivity index (χ0n) is 18.6. The van der Waals surface area contributed by atoms with Gasteiger partial charge in [0, 0.05) is 41.9 Å². The monoisotopic (exact) mass is 469 g/mol. The molecule has 1 unspecified atom stereocenters. The van der Waals surface area contributed by atoms with Gasteiger partial charge in [0.15, 0.2) is 5.16 Å². The summed E-state index contributed by atoms with van der Waals surface area (Å²) < 4.78 is 1.59. The number of hydrogen-bond donors (Lipinski definition) is 1. The average molecular weight is 470 g/mol. The van der Waals surface area contributed by atoms with E-state index in [1.54, 1.807) is 11.6 Å². The molecule has 1 N–H and O–H groups in total. The molecule has 1 aromatic heterocycles. The molecule has 1 atom stereocenters. The lowest BCUT2D eigenvalue weighted by Gasteiger charge is -2.14. The molecule has 0 aliphatic heterocycles. The fourth-order valence-electron chi connectivity index (χ4n) is 3.45. The van der Waals surface area contributed by atoms with Gasteiger partial charge in [0.25, 0.3) is 5.56 Å². The highest BCUT2D eigenvalue weighted by Crippen LogP contribution is 2.19. The molecule has 32 heavy (non-hydrogen) atoms. The topological polar surface area (TPSA) is 64.0 Å². The zero-order valence-corrected chi connectivity index (χ0v) is 20.2.